The molecule has 0 saturated carbocycles. The SMILES string of the molecule is CCc1ccc2c(-c3cncc(Br)c3)c(CCC(=O)N[C@@H]3O[C@H](COC(=O)C(C)(C)C)[C@H](OC(=O)C(C)(C)C)[C@H](OC(=O)C(C)(C)C)[C@H]3OC(=O)C(C)(C)C)c(COC)nn12. The topological polar surface area (TPSA) is 183 Å². The van der Waals surface area contributed by atoms with E-state index in [4.69, 9.17) is 33.5 Å². The number of esters is 4. The number of hydrogen-bond acceptors (Lipinski definition) is 13. The minimum Gasteiger partial charge on any atom is -0.462 e. The molecule has 1 fully saturated rings. The number of aryl methyl sites for hydroxylation is 1. The van der Waals surface area contributed by atoms with Gasteiger partial charge in [-0.2, -0.15) is 5.10 Å². The number of pyridine rings is 1. The number of carbonyl (C=O) groups is 5. The second-order valence-electron chi connectivity index (χ2n) is 19.5. The average molecular weight is 916 g/mol. The molecule has 0 aromatic carbocycles. The molecule has 1 N–H and O–H groups in total. The Labute approximate surface area is 367 Å². The summed E-state index contributed by atoms with van der Waals surface area (Å²) in [5.41, 5.74) is 0.753. The number of carbonyl (C=O) groups excluding carboxylic acids is 5. The highest BCUT2D eigenvalue weighted by molar-refractivity contribution is 9.10. The first-order valence-electron chi connectivity index (χ1n) is 20.5. The van der Waals surface area contributed by atoms with Crippen LogP contribution in [0.3, 0.4) is 0 Å². The summed E-state index contributed by atoms with van der Waals surface area (Å²) in [6.45, 7) is 21.6. The first-order valence-corrected chi connectivity index (χ1v) is 21.3. The van der Waals surface area contributed by atoms with Crippen LogP contribution in [-0.2, 0) is 71.8 Å². The third-order valence-electron chi connectivity index (χ3n) is 9.79. The largest absolute Gasteiger partial charge is 0.462 e. The van der Waals surface area contributed by atoms with Gasteiger partial charge in [0.05, 0.1) is 39.5 Å². The monoisotopic (exact) mass is 914 g/mol. The zero-order chi connectivity index (χ0) is 45.8. The molecule has 336 valence electrons. The summed E-state index contributed by atoms with van der Waals surface area (Å²) in [7, 11) is 1.57. The molecule has 0 aliphatic carbocycles. The lowest BCUT2D eigenvalue weighted by Gasteiger charge is -2.46. The van der Waals surface area contributed by atoms with Crippen LogP contribution in [0.25, 0.3) is 16.6 Å². The molecule has 3 aromatic rings. The van der Waals surface area contributed by atoms with E-state index in [2.05, 4.69) is 26.2 Å². The van der Waals surface area contributed by atoms with Crippen LogP contribution in [0.5, 0.6) is 0 Å². The average Bonchev–Trinajstić information content (AvgIpc) is 3.55. The van der Waals surface area contributed by atoms with Crippen molar-refractivity contribution in [1.82, 2.24) is 19.9 Å². The molecular formula is C45H63BrN4O11. The van der Waals surface area contributed by atoms with Gasteiger partial charge in [-0.1, -0.05) is 6.92 Å². The van der Waals surface area contributed by atoms with Crippen molar-refractivity contribution >= 4 is 51.2 Å². The van der Waals surface area contributed by atoms with Gasteiger partial charge in [0.1, 0.15) is 12.7 Å². The molecule has 1 aliphatic heterocycles. The zero-order valence-corrected chi connectivity index (χ0v) is 39.6. The van der Waals surface area contributed by atoms with E-state index in [0.717, 1.165) is 38.8 Å². The molecule has 3 aromatic heterocycles. The number of rotatable bonds is 13. The van der Waals surface area contributed by atoms with Gasteiger partial charge in [0.25, 0.3) is 0 Å². The number of aromatic nitrogens is 3. The van der Waals surface area contributed by atoms with E-state index >= 15 is 0 Å². The van der Waals surface area contributed by atoms with E-state index in [1.165, 1.54) is 0 Å². The van der Waals surface area contributed by atoms with Crippen LogP contribution in [0.1, 0.15) is 113 Å². The predicted octanol–water partition coefficient (Wildman–Crippen LogP) is 7.10. The third kappa shape index (κ3) is 12.4. The summed E-state index contributed by atoms with van der Waals surface area (Å²) in [6.07, 6.45) is -3.00. The molecule has 1 amide bonds. The van der Waals surface area contributed by atoms with E-state index in [1.807, 2.05) is 29.6 Å². The van der Waals surface area contributed by atoms with Gasteiger partial charge in [0.15, 0.2) is 24.5 Å². The second-order valence-corrected chi connectivity index (χ2v) is 20.4. The number of nitrogens with zero attached hydrogens (tertiary/aromatic N) is 3. The van der Waals surface area contributed by atoms with Crippen LogP contribution in [0.15, 0.2) is 35.1 Å². The van der Waals surface area contributed by atoms with E-state index in [-0.39, 0.29) is 19.4 Å². The highest BCUT2D eigenvalue weighted by Gasteiger charge is 2.55. The van der Waals surface area contributed by atoms with Crippen LogP contribution in [0.2, 0.25) is 0 Å². The highest BCUT2D eigenvalue weighted by Crippen LogP contribution is 2.36. The van der Waals surface area contributed by atoms with Crippen molar-refractivity contribution in [2.24, 2.45) is 21.7 Å². The Balaban J connectivity index is 1.82. The molecule has 16 heteroatoms. The maximum absolute atomic E-state index is 14.3. The summed E-state index contributed by atoms with van der Waals surface area (Å²) < 4.78 is 38.7. The molecule has 0 unspecified atom stereocenters. The van der Waals surface area contributed by atoms with Gasteiger partial charge in [0, 0.05) is 47.2 Å². The van der Waals surface area contributed by atoms with E-state index in [9.17, 15) is 24.0 Å². The predicted molar refractivity (Wildman–Crippen MR) is 230 cm³/mol. The standard InChI is InChI=1S/C45H63BrN4O11/c1-15-27-16-18-30-33(25-20-26(46)22-47-21-25)28(29(23-56-14)49-50(27)30)17-19-32(51)48-37-36(61-41(55)45(11,12)13)35(60-40(54)44(8,9)10)34(59-39(53)43(5,6)7)31(58-37)24-57-38(52)42(2,3)4/h16,18,20-22,31,34-37H,15,17,19,23-24H2,1-14H3,(H,48,51)/t31-,34+,35+,36-,37-/m1/s1. The second kappa shape index (κ2) is 19.3. The summed E-state index contributed by atoms with van der Waals surface area (Å²) in [6, 6.07) is 5.94. The van der Waals surface area contributed by atoms with Gasteiger partial charge >= 0.3 is 23.9 Å². The summed E-state index contributed by atoms with van der Waals surface area (Å²) >= 11 is 3.55. The van der Waals surface area contributed by atoms with Gasteiger partial charge in [-0.3, -0.25) is 29.0 Å². The smallest absolute Gasteiger partial charge is 0.311 e. The molecule has 0 bridgehead atoms. The van der Waals surface area contributed by atoms with Gasteiger partial charge in [-0.05, 0) is 136 Å². The van der Waals surface area contributed by atoms with Crippen LogP contribution >= 0.6 is 15.9 Å². The number of halogens is 1. The van der Waals surface area contributed by atoms with Crippen molar-refractivity contribution < 1.29 is 52.4 Å². The van der Waals surface area contributed by atoms with E-state index < -0.39 is 88.7 Å². The Hall–Kier alpha value is -4.41. The summed E-state index contributed by atoms with van der Waals surface area (Å²) in [5.74, 6) is -3.20. The molecule has 1 aliphatic rings. The molecule has 15 nitrogen and oxygen atoms in total. The number of amides is 1. The van der Waals surface area contributed by atoms with Crippen molar-refractivity contribution in [3.63, 3.8) is 0 Å². The van der Waals surface area contributed by atoms with Gasteiger partial charge in [-0.25, -0.2) is 4.52 Å². The number of fused-ring (bicyclic) bond motifs is 1. The minimum atomic E-state index is -1.52. The molecule has 1 saturated heterocycles. The maximum atomic E-state index is 14.3. The Morgan fingerprint density at radius 2 is 1.34 bits per heavy atom. The zero-order valence-electron chi connectivity index (χ0n) is 38.0. The normalized spacial score (nSPS) is 19.9. The fourth-order valence-electron chi connectivity index (χ4n) is 6.23. The van der Waals surface area contributed by atoms with Gasteiger partial charge in [0.2, 0.25) is 5.91 Å². The van der Waals surface area contributed by atoms with E-state index in [0.29, 0.717) is 5.69 Å². The number of nitrogens with one attached hydrogen (secondary N) is 1. The summed E-state index contributed by atoms with van der Waals surface area (Å²) in [4.78, 5) is 72.8. The molecule has 4 rings (SSSR count). The van der Waals surface area contributed by atoms with Crippen LogP contribution in [0, 0.1) is 21.7 Å². The molecular weight excluding hydrogens is 852 g/mol. The lowest BCUT2D eigenvalue weighted by Crippen LogP contribution is -2.67. The highest BCUT2D eigenvalue weighted by atomic mass is 79.9. The van der Waals surface area contributed by atoms with E-state index in [1.54, 1.807) is 103 Å². The first-order chi connectivity index (χ1) is 28.2. The van der Waals surface area contributed by atoms with Gasteiger partial charge < -0.3 is 33.7 Å². The Morgan fingerprint density at radius 3 is 1.87 bits per heavy atom. The fraction of sp³-hybridized carbons (Fsp3) is 0.622. The summed E-state index contributed by atoms with van der Waals surface area (Å²) in [5, 5.41) is 7.82. The quantitative estimate of drug-likeness (QED) is 0.135. The number of hydrogen-bond donors (Lipinski definition) is 1. The molecule has 4 heterocycles. The lowest BCUT2D eigenvalue weighted by molar-refractivity contribution is -0.264. The molecule has 0 spiro atoms. The Kier molecular flexibility index (Phi) is 15.6. The maximum Gasteiger partial charge on any atom is 0.311 e. The molecule has 0 radical (unpaired) electrons. The molecule has 5 atom stereocenters. The number of methoxy groups -OCH3 is 1. The van der Waals surface area contributed by atoms with Gasteiger partial charge in [-0.15, -0.1) is 0 Å². The molecule has 61 heavy (non-hydrogen) atoms. The third-order valence-corrected chi connectivity index (χ3v) is 10.2. The lowest BCUT2D eigenvalue weighted by atomic mass is 9.92. The minimum absolute atomic E-state index is 0.108. The van der Waals surface area contributed by atoms with Crippen LogP contribution < -0.4 is 5.32 Å². The van der Waals surface area contributed by atoms with Crippen molar-refractivity contribution in [2.45, 2.75) is 147 Å². The number of ether oxygens (including phenoxy) is 6. The van der Waals surface area contributed by atoms with Crippen molar-refractivity contribution in [2.75, 3.05) is 13.7 Å². The van der Waals surface area contributed by atoms with Crippen molar-refractivity contribution in [3.05, 3.63) is 52.0 Å². The first kappa shape index (κ1) is 49.2. The Bertz CT molecular complexity index is 2090. The van der Waals surface area contributed by atoms with Crippen LogP contribution in [-0.4, -0.2) is 88.7 Å². The van der Waals surface area contributed by atoms with Crippen molar-refractivity contribution in [3.8, 4) is 11.1 Å². The Morgan fingerprint density at radius 1 is 0.787 bits per heavy atom. The fourth-order valence-corrected chi connectivity index (χ4v) is 6.60. The van der Waals surface area contributed by atoms with Crippen molar-refractivity contribution in [1.29, 1.82) is 0 Å². The van der Waals surface area contributed by atoms with Crippen LogP contribution in [0.4, 0.5) is 0 Å².